The molecule has 0 bridgehead atoms. The molecule has 10 nitrogen and oxygen atoms in total. The van der Waals surface area contributed by atoms with Crippen LogP contribution in [0.15, 0.2) is 61.2 Å². The number of carboxylic acid groups (broad SMARTS) is 1. The fourth-order valence-corrected chi connectivity index (χ4v) is 7.87. The second-order valence-electron chi connectivity index (χ2n) is 13.5. The van der Waals surface area contributed by atoms with Crippen LogP contribution < -0.4 is 9.64 Å². The first-order chi connectivity index (χ1) is 24.9. The predicted octanol–water partition coefficient (Wildman–Crippen LogP) is 8.59. The molecule has 0 saturated carbocycles. The number of hydrogen-bond donors (Lipinski definition) is 1. The average molecular weight is 740 g/mol. The number of amides is 1. The molecule has 52 heavy (non-hydrogen) atoms. The van der Waals surface area contributed by atoms with E-state index in [0.29, 0.717) is 61.9 Å². The van der Waals surface area contributed by atoms with Gasteiger partial charge in [-0.3, -0.25) is 9.48 Å². The topological polar surface area (TPSA) is 107 Å². The number of hydrogen-bond acceptors (Lipinski definition) is 5. The number of halogens is 2. The number of carbonyl (C=O) groups is 2. The zero-order chi connectivity index (χ0) is 36.8. The number of carboxylic acids is 1. The van der Waals surface area contributed by atoms with Crippen molar-refractivity contribution in [3.63, 3.8) is 0 Å². The lowest BCUT2D eigenvalue weighted by Gasteiger charge is -2.22. The van der Waals surface area contributed by atoms with Gasteiger partial charge in [0, 0.05) is 72.0 Å². The molecule has 0 unspecified atom stereocenters. The van der Waals surface area contributed by atoms with Crippen LogP contribution in [0.1, 0.15) is 67.3 Å². The van der Waals surface area contributed by atoms with Crippen molar-refractivity contribution in [1.29, 1.82) is 0 Å². The van der Waals surface area contributed by atoms with Crippen LogP contribution >= 0.6 is 23.2 Å². The molecule has 268 valence electrons. The smallest absolute Gasteiger partial charge is 0.335 e. The van der Waals surface area contributed by atoms with Crippen molar-refractivity contribution in [2.75, 3.05) is 18.1 Å². The molecule has 7 rings (SSSR count). The quantitative estimate of drug-likeness (QED) is 0.141. The van der Waals surface area contributed by atoms with E-state index in [4.69, 9.17) is 33.0 Å². The Bertz CT molecular complexity index is 2330. The summed E-state index contributed by atoms with van der Waals surface area (Å²) in [5, 5.41) is 17.0. The summed E-state index contributed by atoms with van der Waals surface area (Å²) in [5.74, 6) is -0.492. The largest absolute Gasteiger partial charge is 0.494 e. The summed E-state index contributed by atoms with van der Waals surface area (Å²) in [4.78, 5) is 33.2. The summed E-state index contributed by atoms with van der Waals surface area (Å²) in [5.41, 5.74) is 9.34. The van der Waals surface area contributed by atoms with Crippen molar-refractivity contribution >= 4 is 51.7 Å². The number of carbonyl (C=O) groups excluding carboxylic acids is 1. The van der Waals surface area contributed by atoms with Crippen LogP contribution in [0.3, 0.4) is 0 Å². The Morgan fingerprint density at radius 2 is 1.77 bits per heavy atom. The van der Waals surface area contributed by atoms with Crippen molar-refractivity contribution in [3.8, 4) is 16.9 Å². The van der Waals surface area contributed by atoms with Crippen LogP contribution in [0.5, 0.6) is 5.75 Å². The Kier molecular flexibility index (Phi) is 9.63. The van der Waals surface area contributed by atoms with Gasteiger partial charge in [0.15, 0.2) is 0 Å². The minimum Gasteiger partial charge on any atom is -0.494 e. The second-order valence-corrected chi connectivity index (χ2v) is 14.3. The number of rotatable bonds is 10. The van der Waals surface area contributed by atoms with E-state index in [1.807, 2.05) is 80.5 Å². The third-order valence-corrected chi connectivity index (χ3v) is 10.9. The minimum atomic E-state index is -1.06. The van der Waals surface area contributed by atoms with Crippen molar-refractivity contribution in [3.05, 3.63) is 116 Å². The summed E-state index contributed by atoms with van der Waals surface area (Å²) < 4.78 is 12.1. The summed E-state index contributed by atoms with van der Waals surface area (Å²) in [6, 6.07) is 12.9. The predicted molar refractivity (Wildman–Crippen MR) is 204 cm³/mol. The molecule has 0 atom stereocenters. The molecule has 3 aromatic carbocycles. The molecule has 0 fully saturated rings. The molecule has 6 aromatic rings. The van der Waals surface area contributed by atoms with Crippen LogP contribution in [-0.2, 0) is 26.6 Å². The van der Waals surface area contributed by atoms with E-state index in [1.54, 1.807) is 29.6 Å². The summed E-state index contributed by atoms with van der Waals surface area (Å²) in [7, 11) is 1.92. The highest BCUT2D eigenvalue weighted by Crippen LogP contribution is 2.43. The fourth-order valence-electron chi connectivity index (χ4n) is 7.51. The van der Waals surface area contributed by atoms with E-state index in [2.05, 4.69) is 9.55 Å². The number of fused-ring (bicyclic) bond motifs is 3. The Labute approximate surface area is 312 Å². The molecule has 3 aromatic heterocycles. The average Bonchev–Trinajstić information content (AvgIpc) is 3.76. The zero-order valence-corrected chi connectivity index (χ0v) is 31.3. The number of aryl methyl sites for hydroxylation is 6. The fraction of sp³-hybridized carbons (Fsp3) is 0.300. The van der Waals surface area contributed by atoms with E-state index >= 15 is 4.79 Å². The first kappa shape index (κ1) is 35.3. The van der Waals surface area contributed by atoms with Gasteiger partial charge in [-0.2, -0.15) is 5.10 Å². The van der Waals surface area contributed by atoms with Crippen LogP contribution in [0.4, 0.5) is 5.69 Å². The molecule has 0 saturated heterocycles. The SMILES string of the molecule is Cc1cc(OCCCc2c3n(c4c(-c5c(C)nn(C)c5C)c(Cl)ccc24)CCCN(c2cc(Cn4ccnc4)cc(C(=O)O)c2)C3=O)cc(C)c1Cl. The molecule has 0 spiro atoms. The number of nitrogens with zero attached hydrogens (tertiary/aromatic N) is 6. The second kappa shape index (κ2) is 14.2. The van der Waals surface area contributed by atoms with Crippen molar-refractivity contribution in [2.24, 2.45) is 7.05 Å². The standard InChI is InChI=1S/C40H40Cl2N6O4/c1-23-16-30(17-24(2)36(23)42)52-15-6-8-31-32-9-10-33(41)35(34-25(3)44-45(5)26(34)4)37(32)48-13-7-12-47(39(49)38(31)48)29-19-27(18-28(20-29)40(50)51)21-46-14-11-43-22-46/h9-11,14,16-20,22H,6-8,12-13,15,21H2,1-5H3,(H,50,51). The van der Waals surface area contributed by atoms with Gasteiger partial charge in [-0.25, -0.2) is 9.78 Å². The molecule has 1 N–H and O–H groups in total. The number of ether oxygens (including phenoxy) is 1. The van der Waals surface area contributed by atoms with Crippen molar-refractivity contribution in [2.45, 2.75) is 60.0 Å². The Morgan fingerprint density at radius 1 is 1.00 bits per heavy atom. The Morgan fingerprint density at radius 3 is 2.44 bits per heavy atom. The monoisotopic (exact) mass is 738 g/mol. The third kappa shape index (κ3) is 6.45. The lowest BCUT2D eigenvalue weighted by atomic mass is 9.98. The van der Waals surface area contributed by atoms with E-state index < -0.39 is 5.97 Å². The molecule has 0 radical (unpaired) electrons. The molecule has 1 amide bonds. The van der Waals surface area contributed by atoms with Crippen molar-refractivity contribution in [1.82, 2.24) is 23.9 Å². The highest BCUT2D eigenvalue weighted by Gasteiger charge is 2.33. The summed E-state index contributed by atoms with van der Waals surface area (Å²) >= 11 is 13.5. The molecular formula is C40H40Cl2N6O4. The van der Waals surface area contributed by atoms with Gasteiger partial charge in [0.25, 0.3) is 5.91 Å². The number of benzene rings is 3. The minimum absolute atomic E-state index is 0.117. The maximum atomic E-state index is 15.0. The molecule has 1 aliphatic heterocycles. The van der Waals surface area contributed by atoms with Gasteiger partial charge in [0.2, 0.25) is 0 Å². The van der Waals surface area contributed by atoms with Gasteiger partial charge in [0.05, 0.1) is 34.7 Å². The maximum Gasteiger partial charge on any atom is 0.335 e. The Balaban J connectivity index is 1.34. The van der Waals surface area contributed by atoms with Crippen molar-refractivity contribution < 1.29 is 19.4 Å². The van der Waals surface area contributed by atoms with Crippen LogP contribution in [-0.4, -0.2) is 54.0 Å². The summed E-state index contributed by atoms with van der Waals surface area (Å²) in [6.07, 6.45) is 7.04. The van der Waals surface area contributed by atoms with Gasteiger partial charge in [-0.05, 0) is 106 Å². The van der Waals surface area contributed by atoms with E-state index in [0.717, 1.165) is 66.4 Å². The number of aromatic carboxylic acids is 1. The van der Waals surface area contributed by atoms with Crippen LogP contribution in [0.2, 0.25) is 10.0 Å². The third-order valence-electron chi connectivity index (χ3n) is 9.96. The first-order valence-corrected chi connectivity index (χ1v) is 18.1. The lowest BCUT2D eigenvalue weighted by Crippen LogP contribution is -2.32. The van der Waals surface area contributed by atoms with Gasteiger partial charge >= 0.3 is 5.97 Å². The maximum absolute atomic E-state index is 15.0. The first-order valence-electron chi connectivity index (χ1n) is 17.3. The van der Waals surface area contributed by atoms with Gasteiger partial charge in [-0.15, -0.1) is 0 Å². The molecule has 4 heterocycles. The van der Waals surface area contributed by atoms with E-state index in [-0.39, 0.29) is 11.5 Å². The number of imidazole rings is 1. The molecule has 0 aliphatic carbocycles. The van der Waals surface area contributed by atoms with Crippen LogP contribution in [0, 0.1) is 27.7 Å². The van der Waals surface area contributed by atoms with E-state index in [1.165, 1.54) is 0 Å². The molecular weight excluding hydrogens is 699 g/mol. The molecule has 1 aliphatic rings. The van der Waals surface area contributed by atoms with Gasteiger partial charge in [-0.1, -0.05) is 29.3 Å². The summed E-state index contributed by atoms with van der Waals surface area (Å²) in [6.45, 7) is 9.76. The number of aromatic nitrogens is 5. The normalized spacial score (nSPS) is 13.1. The Hall–Kier alpha value is -5.06. The molecule has 12 heteroatoms. The van der Waals surface area contributed by atoms with E-state index in [9.17, 15) is 9.90 Å². The highest BCUT2D eigenvalue weighted by atomic mass is 35.5. The zero-order valence-electron chi connectivity index (χ0n) is 29.8. The number of anilines is 1. The lowest BCUT2D eigenvalue weighted by molar-refractivity contribution is 0.0696. The highest BCUT2D eigenvalue weighted by molar-refractivity contribution is 6.35. The van der Waals surface area contributed by atoms with Gasteiger partial charge in [0.1, 0.15) is 11.4 Å². The van der Waals surface area contributed by atoms with Crippen LogP contribution in [0.25, 0.3) is 22.0 Å². The van der Waals surface area contributed by atoms with Gasteiger partial charge < -0.3 is 23.9 Å².